The van der Waals surface area contributed by atoms with Gasteiger partial charge in [0.05, 0.1) is 7.11 Å². The number of carbonyl (C=O) groups is 2. The topological polar surface area (TPSA) is 126 Å². The molecule has 0 saturated heterocycles. The van der Waals surface area contributed by atoms with Crippen LogP contribution in [0.2, 0.25) is 0 Å². The number of hydrogen-bond acceptors (Lipinski definition) is 6. The van der Waals surface area contributed by atoms with Gasteiger partial charge in [-0.3, -0.25) is 4.79 Å². The summed E-state index contributed by atoms with van der Waals surface area (Å²) in [6.07, 6.45) is 3.34. The number of hydrogen-bond donors (Lipinski definition) is 3. The van der Waals surface area contributed by atoms with E-state index in [1.807, 2.05) is 30.3 Å². The molecule has 0 aliphatic rings. The predicted octanol–water partition coefficient (Wildman–Crippen LogP) is 3.66. The zero-order valence-electron chi connectivity index (χ0n) is 17.8. The number of rotatable bonds is 6. The lowest BCUT2D eigenvalue weighted by Gasteiger charge is -2.08. The maximum Gasteiger partial charge on any atom is 0.354 e. The molecule has 0 fully saturated rings. The third kappa shape index (κ3) is 4.29. The van der Waals surface area contributed by atoms with E-state index in [4.69, 9.17) is 4.74 Å². The molecule has 3 aromatic heterocycles. The van der Waals surface area contributed by atoms with Gasteiger partial charge in [-0.2, -0.15) is 15.4 Å². The fraction of sp³-hybridized carbons (Fsp3) is 0.125. The van der Waals surface area contributed by atoms with Gasteiger partial charge in [0, 0.05) is 22.8 Å². The first-order chi connectivity index (χ1) is 16.1. The van der Waals surface area contributed by atoms with Crippen LogP contribution in [0.25, 0.3) is 22.1 Å². The van der Waals surface area contributed by atoms with Crippen LogP contribution in [-0.4, -0.2) is 44.4 Å². The highest BCUT2D eigenvalue weighted by Crippen LogP contribution is 2.19. The van der Waals surface area contributed by atoms with E-state index in [0.29, 0.717) is 27.9 Å². The van der Waals surface area contributed by atoms with Crippen molar-refractivity contribution >= 4 is 39.6 Å². The van der Waals surface area contributed by atoms with Crippen molar-refractivity contribution in [2.45, 2.75) is 12.8 Å². The first-order valence-corrected chi connectivity index (χ1v) is 10.4. The summed E-state index contributed by atoms with van der Waals surface area (Å²) in [5, 5.41) is 14.4. The number of ether oxygens (including phenoxy) is 1. The standard InChI is InChI=1S/C24H20N6O3/c1-33-24(32)21-12-17-9-15(13-25-22(17)27-21)6-5-14-3-2-4-18(10-14)26-23(31)16-7-8-19-20(11-16)29-30-28-19/h2-4,7-13H,5-6H2,1H3,(H,25,27)(H,26,31)(H,28,29,30). The summed E-state index contributed by atoms with van der Waals surface area (Å²) in [6, 6.07) is 16.7. The number of esters is 1. The normalized spacial score (nSPS) is 11.1. The van der Waals surface area contributed by atoms with Crippen LogP contribution >= 0.6 is 0 Å². The molecule has 0 atom stereocenters. The number of nitrogens with one attached hydrogen (secondary N) is 3. The van der Waals surface area contributed by atoms with E-state index in [0.717, 1.165) is 35.0 Å². The van der Waals surface area contributed by atoms with E-state index < -0.39 is 5.97 Å². The van der Waals surface area contributed by atoms with Crippen LogP contribution in [0.3, 0.4) is 0 Å². The van der Waals surface area contributed by atoms with Crippen molar-refractivity contribution in [2.24, 2.45) is 0 Å². The second kappa shape index (κ2) is 8.54. The van der Waals surface area contributed by atoms with Crippen molar-refractivity contribution in [3.63, 3.8) is 0 Å². The number of aryl methyl sites for hydroxylation is 2. The summed E-state index contributed by atoms with van der Waals surface area (Å²) in [4.78, 5) is 31.7. The van der Waals surface area contributed by atoms with Crippen molar-refractivity contribution in [3.8, 4) is 0 Å². The fourth-order valence-electron chi connectivity index (χ4n) is 3.70. The Hall–Kier alpha value is -4.53. The Labute approximate surface area is 188 Å². The van der Waals surface area contributed by atoms with Crippen LogP contribution in [0.1, 0.15) is 32.0 Å². The van der Waals surface area contributed by atoms with Crippen LogP contribution < -0.4 is 5.32 Å². The summed E-state index contributed by atoms with van der Waals surface area (Å²) >= 11 is 0. The van der Waals surface area contributed by atoms with Gasteiger partial charge in [0.25, 0.3) is 5.91 Å². The van der Waals surface area contributed by atoms with Crippen molar-refractivity contribution in [3.05, 3.63) is 83.2 Å². The molecule has 0 radical (unpaired) electrons. The number of carbonyl (C=O) groups excluding carboxylic acids is 2. The first-order valence-electron chi connectivity index (χ1n) is 10.4. The van der Waals surface area contributed by atoms with E-state index in [9.17, 15) is 9.59 Å². The highest BCUT2D eigenvalue weighted by atomic mass is 16.5. The minimum atomic E-state index is -0.422. The Bertz CT molecular complexity index is 1490. The smallest absolute Gasteiger partial charge is 0.354 e. The SMILES string of the molecule is COC(=O)c1cc2cc(CCc3cccc(NC(=O)c4ccc5n[nH]nc5c4)c3)cnc2[nH]1. The van der Waals surface area contributed by atoms with E-state index in [1.165, 1.54) is 7.11 Å². The molecule has 0 unspecified atom stereocenters. The van der Waals surface area contributed by atoms with Crippen molar-refractivity contribution in [1.29, 1.82) is 0 Å². The number of anilines is 1. The molecule has 9 nitrogen and oxygen atoms in total. The molecule has 3 N–H and O–H groups in total. The Morgan fingerprint density at radius 1 is 0.970 bits per heavy atom. The number of methoxy groups -OCH3 is 1. The molecule has 164 valence electrons. The minimum Gasteiger partial charge on any atom is -0.464 e. The Kier molecular flexibility index (Phi) is 5.27. The van der Waals surface area contributed by atoms with Gasteiger partial charge in [-0.25, -0.2) is 9.78 Å². The average molecular weight is 440 g/mol. The lowest BCUT2D eigenvalue weighted by Crippen LogP contribution is -2.12. The summed E-state index contributed by atoms with van der Waals surface area (Å²) in [5.41, 5.74) is 5.75. The van der Waals surface area contributed by atoms with Gasteiger partial charge in [-0.15, -0.1) is 0 Å². The second-order valence-corrected chi connectivity index (χ2v) is 7.64. The van der Waals surface area contributed by atoms with Gasteiger partial charge in [0.1, 0.15) is 22.4 Å². The third-order valence-electron chi connectivity index (χ3n) is 5.40. The van der Waals surface area contributed by atoms with Crippen LogP contribution in [0, 0.1) is 0 Å². The summed E-state index contributed by atoms with van der Waals surface area (Å²) < 4.78 is 4.75. The third-order valence-corrected chi connectivity index (χ3v) is 5.40. The van der Waals surface area contributed by atoms with E-state index in [-0.39, 0.29) is 5.91 Å². The van der Waals surface area contributed by atoms with E-state index in [1.54, 1.807) is 30.5 Å². The Balaban J connectivity index is 1.26. The molecular formula is C24H20N6O3. The average Bonchev–Trinajstić information content (AvgIpc) is 3.48. The van der Waals surface area contributed by atoms with Gasteiger partial charge in [-0.1, -0.05) is 12.1 Å². The second-order valence-electron chi connectivity index (χ2n) is 7.64. The van der Waals surface area contributed by atoms with E-state index in [2.05, 4.69) is 30.7 Å². The van der Waals surface area contributed by atoms with Crippen molar-refractivity contribution in [1.82, 2.24) is 25.4 Å². The zero-order valence-corrected chi connectivity index (χ0v) is 17.8. The summed E-state index contributed by atoms with van der Waals surface area (Å²) in [7, 11) is 1.35. The zero-order chi connectivity index (χ0) is 22.8. The number of pyridine rings is 1. The Morgan fingerprint density at radius 3 is 2.70 bits per heavy atom. The van der Waals surface area contributed by atoms with Crippen LogP contribution in [0.15, 0.2) is 60.8 Å². The molecule has 0 spiro atoms. The molecule has 1 amide bonds. The molecule has 9 heteroatoms. The Morgan fingerprint density at radius 2 is 1.82 bits per heavy atom. The van der Waals surface area contributed by atoms with E-state index >= 15 is 0 Å². The number of benzene rings is 2. The number of fused-ring (bicyclic) bond motifs is 2. The molecule has 2 aromatic carbocycles. The van der Waals surface area contributed by atoms with Gasteiger partial charge in [-0.05, 0) is 66.4 Å². The van der Waals surface area contributed by atoms with Gasteiger partial charge < -0.3 is 15.0 Å². The van der Waals surface area contributed by atoms with Crippen LogP contribution in [0.4, 0.5) is 5.69 Å². The summed E-state index contributed by atoms with van der Waals surface area (Å²) in [5.74, 6) is -0.630. The van der Waals surface area contributed by atoms with Crippen LogP contribution in [0.5, 0.6) is 0 Å². The maximum absolute atomic E-state index is 12.7. The highest BCUT2D eigenvalue weighted by molar-refractivity contribution is 6.05. The molecule has 33 heavy (non-hydrogen) atoms. The quantitative estimate of drug-likeness (QED) is 0.346. The maximum atomic E-state index is 12.7. The molecular weight excluding hydrogens is 420 g/mol. The number of H-pyrrole nitrogens is 2. The molecule has 0 bridgehead atoms. The molecule has 0 saturated carbocycles. The molecule has 5 aromatic rings. The van der Waals surface area contributed by atoms with Crippen molar-refractivity contribution < 1.29 is 14.3 Å². The minimum absolute atomic E-state index is 0.208. The fourth-order valence-corrected chi connectivity index (χ4v) is 3.70. The number of nitrogens with zero attached hydrogens (tertiary/aromatic N) is 3. The number of amides is 1. The lowest BCUT2D eigenvalue weighted by molar-refractivity contribution is 0.0595. The predicted molar refractivity (Wildman–Crippen MR) is 123 cm³/mol. The molecule has 5 rings (SSSR count). The first kappa shape index (κ1) is 20.4. The highest BCUT2D eigenvalue weighted by Gasteiger charge is 2.11. The van der Waals surface area contributed by atoms with Gasteiger partial charge >= 0.3 is 5.97 Å². The monoisotopic (exact) mass is 440 g/mol. The largest absolute Gasteiger partial charge is 0.464 e. The van der Waals surface area contributed by atoms with Crippen LogP contribution in [-0.2, 0) is 17.6 Å². The molecule has 3 heterocycles. The molecule has 0 aliphatic heterocycles. The lowest BCUT2D eigenvalue weighted by atomic mass is 10.0. The van der Waals surface area contributed by atoms with Gasteiger partial charge in [0.15, 0.2) is 0 Å². The number of aromatic nitrogens is 5. The van der Waals surface area contributed by atoms with Gasteiger partial charge in [0.2, 0.25) is 0 Å². The molecule has 0 aliphatic carbocycles. The summed E-state index contributed by atoms with van der Waals surface area (Å²) in [6.45, 7) is 0. The van der Waals surface area contributed by atoms with Crippen molar-refractivity contribution in [2.75, 3.05) is 12.4 Å². The number of aromatic amines is 2.